The zero-order valence-electron chi connectivity index (χ0n) is 17.3. The second-order valence-electron chi connectivity index (χ2n) is 6.76. The molecule has 7 heteroatoms. The molecule has 0 aliphatic carbocycles. The van der Waals surface area contributed by atoms with Crippen LogP contribution in [0.3, 0.4) is 0 Å². The van der Waals surface area contributed by atoms with Gasteiger partial charge in [0.05, 0.1) is 24.5 Å². The summed E-state index contributed by atoms with van der Waals surface area (Å²) in [6.45, 7) is 8.24. The molecule has 3 rings (SSSR count). The van der Waals surface area contributed by atoms with Crippen molar-refractivity contribution in [2.45, 2.75) is 52.6 Å². The summed E-state index contributed by atoms with van der Waals surface area (Å²) in [7, 11) is 0. The summed E-state index contributed by atoms with van der Waals surface area (Å²) < 4.78 is 5.49. The first-order valence-corrected chi connectivity index (χ1v) is 10.0. The van der Waals surface area contributed by atoms with E-state index in [1.807, 2.05) is 37.4 Å². The number of hydrogen-bond acceptors (Lipinski definition) is 4. The lowest BCUT2D eigenvalue weighted by atomic mass is 9.99. The number of pyridine rings is 1. The molecule has 0 fully saturated rings. The highest BCUT2D eigenvalue weighted by Gasteiger charge is 2.13. The molecule has 156 valence electrons. The minimum atomic E-state index is 0. The first kappa shape index (κ1) is 23.1. The summed E-state index contributed by atoms with van der Waals surface area (Å²) in [5.41, 5.74) is 2.00. The normalized spacial score (nSPS) is 11.5. The van der Waals surface area contributed by atoms with Gasteiger partial charge in [0.1, 0.15) is 0 Å². The number of aliphatic imine (C=N–C) groups is 1. The zero-order chi connectivity index (χ0) is 19.8. The van der Waals surface area contributed by atoms with Gasteiger partial charge in [0.15, 0.2) is 11.7 Å². The minimum absolute atomic E-state index is 0. The van der Waals surface area contributed by atoms with Crippen LogP contribution in [-0.2, 0) is 13.1 Å². The Morgan fingerprint density at radius 3 is 2.66 bits per heavy atom. The van der Waals surface area contributed by atoms with Crippen LogP contribution in [0.15, 0.2) is 52.1 Å². The molecule has 6 nitrogen and oxygen atoms in total. The average Bonchev–Trinajstić information content (AvgIpc) is 3.20. The molecule has 2 aromatic heterocycles. The van der Waals surface area contributed by atoms with Crippen molar-refractivity contribution in [2.75, 3.05) is 6.54 Å². The Morgan fingerprint density at radius 1 is 1.10 bits per heavy atom. The van der Waals surface area contributed by atoms with Crippen molar-refractivity contribution in [1.29, 1.82) is 0 Å². The van der Waals surface area contributed by atoms with E-state index in [1.54, 1.807) is 0 Å². The Labute approximate surface area is 189 Å². The fraction of sp³-hybridized carbons (Fsp3) is 0.409. The monoisotopic (exact) mass is 507 g/mol. The molecule has 0 atom stereocenters. The summed E-state index contributed by atoms with van der Waals surface area (Å²) in [5.74, 6) is 2.00. The Morgan fingerprint density at radius 2 is 1.90 bits per heavy atom. The molecule has 0 spiro atoms. The van der Waals surface area contributed by atoms with Gasteiger partial charge >= 0.3 is 0 Å². The van der Waals surface area contributed by atoms with Crippen LogP contribution in [0.2, 0.25) is 0 Å². The minimum Gasteiger partial charge on any atom is -0.359 e. The SMILES string of the molecule is CCNC(=NCc1nccc2ccccc12)NCc1cc(C(CC)CC)no1.I. The van der Waals surface area contributed by atoms with E-state index in [0.29, 0.717) is 19.0 Å². The molecule has 0 radical (unpaired) electrons. The number of aromatic nitrogens is 2. The second-order valence-corrected chi connectivity index (χ2v) is 6.76. The van der Waals surface area contributed by atoms with Gasteiger partial charge in [-0.15, -0.1) is 24.0 Å². The Bertz CT molecular complexity index is 915. The number of halogens is 1. The van der Waals surface area contributed by atoms with E-state index < -0.39 is 0 Å². The maximum atomic E-state index is 5.49. The number of nitrogens with zero attached hydrogens (tertiary/aromatic N) is 3. The third kappa shape index (κ3) is 6.16. The number of rotatable bonds is 8. The topological polar surface area (TPSA) is 75.3 Å². The van der Waals surface area contributed by atoms with Crippen LogP contribution in [0.1, 0.15) is 56.7 Å². The molecule has 1 aromatic carbocycles. The first-order chi connectivity index (χ1) is 13.7. The van der Waals surface area contributed by atoms with Crippen molar-refractivity contribution in [2.24, 2.45) is 4.99 Å². The number of nitrogens with one attached hydrogen (secondary N) is 2. The predicted molar refractivity (Wildman–Crippen MR) is 129 cm³/mol. The predicted octanol–water partition coefficient (Wildman–Crippen LogP) is 5.00. The quantitative estimate of drug-likeness (QED) is 0.255. The van der Waals surface area contributed by atoms with Crippen molar-refractivity contribution in [3.05, 3.63) is 59.7 Å². The third-order valence-corrected chi connectivity index (χ3v) is 4.90. The molecule has 0 amide bonds. The van der Waals surface area contributed by atoms with Gasteiger partial charge < -0.3 is 15.2 Å². The van der Waals surface area contributed by atoms with E-state index in [4.69, 9.17) is 9.52 Å². The van der Waals surface area contributed by atoms with Crippen LogP contribution in [0.4, 0.5) is 0 Å². The van der Waals surface area contributed by atoms with Gasteiger partial charge in [0.2, 0.25) is 0 Å². The molecule has 29 heavy (non-hydrogen) atoms. The molecular weight excluding hydrogens is 477 g/mol. The van der Waals surface area contributed by atoms with E-state index in [-0.39, 0.29) is 24.0 Å². The van der Waals surface area contributed by atoms with Gasteiger partial charge in [-0.25, -0.2) is 4.99 Å². The molecule has 0 saturated heterocycles. The highest BCUT2D eigenvalue weighted by Crippen LogP contribution is 2.22. The zero-order valence-corrected chi connectivity index (χ0v) is 19.6. The molecule has 2 N–H and O–H groups in total. The van der Waals surface area contributed by atoms with Gasteiger partial charge in [-0.3, -0.25) is 4.98 Å². The van der Waals surface area contributed by atoms with Gasteiger partial charge in [-0.1, -0.05) is 43.3 Å². The Hall–Kier alpha value is -2.16. The van der Waals surface area contributed by atoms with Gasteiger partial charge in [0, 0.05) is 30.1 Å². The van der Waals surface area contributed by atoms with E-state index in [9.17, 15) is 0 Å². The van der Waals surface area contributed by atoms with E-state index >= 15 is 0 Å². The summed E-state index contributed by atoms with van der Waals surface area (Å²) in [5, 5.41) is 13.1. The van der Waals surface area contributed by atoms with Crippen LogP contribution >= 0.6 is 24.0 Å². The van der Waals surface area contributed by atoms with Crippen LogP contribution in [-0.4, -0.2) is 22.6 Å². The van der Waals surface area contributed by atoms with E-state index in [2.05, 4.69) is 46.8 Å². The van der Waals surface area contributed by atoms with Crippen LogP contribution in [0, 0.1) is 0 Å². The standard InChI is InChI=1S/C22H29N5O.HI/c1-4-16(5-2)20-13-18(28-27-20)14-25-22(23-6-3)26-15-21-19-10-8-7-9-17(19)11-12-24-21;/h7-13,16H,4-6,14-15H2,1-3H3,(H2,23,25,26);1H. The summed E-state index contributed by atoms with van der Waals surface area (Å²) in [6, 6.07) is 12.3. The van der Waals surface area contributed by atoms with Crippen LogP contribution in [0.5, 0.6) is 0 Å². The maximum Gasteiger partial charge on any atom is 0.192 e. The molecule has 0 aliphatic rings. The molecule has 2 heterocycles. The fourth-order valence-corrected chi connectivity index (χ4v) is 3.29. The maximum absolute atomic E-state index is 5.49. The average molecular weight is 507 g/mol. The molecule has 0 saturated carbocycles. The van der Waals surface area contributed by atoms with Crippen molar-refractivity contribution < 1.29 is 4.52 Å². The molecule has 3 aromatic rings. The highest BCUT2D eigenvalue weighted by molar-refractivity contribution is 14.0. The Balaban J connectivity index is 0.00000300. The summed E-state index contributed by atoms with van der Waals surface area (Å²) >= 11 is 0. The third-order valence-electron chi connectivity index (χ3n) is 4.90. The summed E-state index contributed by atoms with van der Waals surface area (Å²) in [6.07, 6.45) is 3.97. The van der Waals surface area contributed by atoms with Crippen molar-refractivity contribution in [1.82, 2.24) is 20.8 Å². The molecule has 0 bridgehead atoms. The number of hydrogen-bond donors (Lipinski definition) is 2. The van der Waals surface area contributed by atoms with Crippen LogP contribution in [0.25, 0.3) is 10.8 Å². The fourth-order valence-electron chi connectivity index (χ4n) is 3.29. The van der Waals surface area contributed by atoms with Crippen molar-refractivity contribution >= 4 is 40.7 Å². The number of fused-ring (bicyclic) bond motifs is 1. The number of guanidine groups is 1. The van der Waals surface area contributed by atoms with E-state index in [0.717, 1.165) is 47.9 Å². The Kier molecular flexibility index (Phi) is 9.37. The summed E-state index contributed by atoms with van der Waals surface area (Å²) in [4.78, 5) is 9.20. The van der Waals surface area contributed by atoms with Gasteiger partial charge in [-0.2, -0.15) is 0 Å². The highest BCUT2D eigenvalue weighted by atomic mass is 127. The molecule has 0 unspecified atom stereocenters. The molecular formula is C22H30IN5O. The largest absolute Gasteiger partial charge is 0.359 e. The van der Waals surface area contributed by atoms with Crippen molar-refractivity contribution in [3.8, 4) is 0 Å². The number of benzene rings is 1. The lowest BCUT2D eigenvalue weighted by Crippen LogP contribution is -2.36. The smallest absolute Gasteiger partial charge is 0.192 e. The van der Waals surface area contributed by atoms with E-state index in [1.165, 1.54) is 5.39 Å². The van der Waals surface area contributed by atoms with Gasteiger partial charge in [-0.05, 0) is 31.2 Å². The second kappa shape index (κ2) is 11.7. The van der Waals surface area contributed by atoms with Gasteiger partial charge in [0.25, 0.3) is 0 Å². The lowest BCUT2D eigenvalue weighted by Gasteiger charge is -2.10. The van der Waals surface area contributed by atoms with Crippen molar-refractivity contribution in [3.63, 3.8) is 0 Å². The lowest BCUT2D eigenvalue weighted by molar-refractivity contribution is 0.368. The first-order valence-electron chi connectivity index (χ1n) is 10.0. The van der Waals surface area contributed by atoms with Crippen LogP contribution < -0.4 is 10.6 Å². The molecule has 0 aliphatic heterocycles.